The van der Waals surface area contributed by atoms with Gasteiger partial charge >= 0.3 is 0 Å². The number of likely N-dealkylation sites (N-methyl/N-ethyl adjacent to an activating group) is 1. The minimum Gasteiger partial charge on any atom is -0.496 e. The number of hydrogen-bond donors (Lipinski definition) is 1. The fraction of sp³-hybridized carbons (Fsp3) is 0.625. The third kappa shape index (κ3) is 3.71. The third-order valence-electron chi connectivity index (χ3n) is 3.58. The molecule has 0 spiro atoms. The molecule has 0 bridgehead atoms. The Labute approximate surface area is 117 Å². The quantitative estimate of drug-likeness (QED) is 0.819. The minimum absolute atomic E-state index is 0.196. The van der Waals surface area contributed by atoms with Crippen LogP contribution in [-0.4, -0.2) is 26.9 Å². The average Bonchev–Trinajstić information content (AvgIpc) is 2.41. The summed E-state index contributed by atoms with van der Waals surface area (Å²) in [5, 5.41) is 3.39. The van der Waals surface area contributed by atoms with Crippen LogP contribution in [0, 0.1) is 13.8 Å². The number of hydrogen-bond acceptors (Lipinski definition) is 3. The van der Waals surface area contributed by atoms with E-state index >= 15 is 0 Å². The van der Waals surface area contributed by atoms with Crippen molar-refractivity contribution in [2.75, 3.05) is 20.8 Å². The molecule has 0 fully saturated rings. The topological polar surface area (TPSA) is 30.5 Å². The highest BCUT2D eigenvalue weighted by Crippen LogP contribution is 2.29. The molecule has 0 aliphatic heterocycles. The molecule has 0 radical (unpaired) electrons. The molecule has 1 aromatic rings. The summed E-state index contributed by atoms with van der Waals surface area (Å²) in [6.45, 7) is 9.15. The Morgan fingerprint density at radius 3 is 2.32 bits per heavy atom. The number of rotatable bonds is 7. The van der Waals surface area contributed by atoms with Crippen LogP contribution < -0.4 is 10.1 Å². The molecule has 0 saturated heterocycles. The van der Waals surface area contributed by atoms with Gasteiger partial charge in [0.15, 0.2) is 0 Å². The smallest absolute Gasteiger partial charge is 0.122 e. The van der Waals surface area contributed by atoms with E-state index in [-0.39, 0.29) is 12.1 Å². The summed E-state index contributed by atoms with van der Waals surface area (Å²) in [6, 6.07) is 4.53. The van der Waals surface area contributed by atoms with Gasteiger partial charge in [-0.3, -0.25) is 0 Å². The zero-order chi connectivity index (χ0) is 14.4. The molecule has 0 aromatic heterocycles. The maximum absolute atomic E-state index is 5.86. The number of nitrogens with one attached hydrogen (secondary N) is 1. The molecular weight excluding hydrogens is 238 g/mol. The molecule has 0 saturated carbocycles. The van der Waals surface area contributed by atoms with Crippen molar-refractivity contribution in [2.45, 2.75) is 46.3 Å². The van der Waals surface area contributed by atoms with E-state index in [9.17, 15) is 0 Å². The van der Waals surface area contributed by atoms with Gasteiger partial charge in [-0.25, -0.2) is 0 Å². The summed E-state index contributed by atoms with van der Waals surface area (Å²) in [4.78, 5) is 0. The van der Waals surface area contributed by atoms with Gasteiger partial charge < -0.3 is 14.8 Å². The summed E-state index contributed by atoms with van der Waals surface area (Å²) in [5.41, 5.74) is 3.69. The molecular formula is C16H27NO2. The van der Waals surface area contributed by atoms with Crippen molar-refractivity contribution in [1.82, 2.24) is 5.32 Å². The second-order valence-electron chi connectivity index (χ2n) is 4.85. The second-order valence-corrected chi connectivity index (χ2v) is 4.85. The van der Waals surface area contributed by atoms with Gasteiger partial charge in [-0.2, -0.15) is 0 Å². The molecule has 1 rings (SSSR count). The van der Waals surface area contributed by atoms with Crippen LogP contribution in [0.25, 0.3) is 0 Å². The summed E-state index contributed by atoms with van der Waals surface area (Å²) in [5.74, 6) is 0.945. The molecule has 108 valence electrons. The van der Waals surface area contributed by atoms with Crippen LogP contribution in [0.1, 0.15) is 43.0 Å². The lowest BCUT2D eigenvalue weighted by Gasteiger charge is -2.28. The van der Waals surface area contributed by atoms with Crippen molar-refractivity contribution < 1.29 is 9.47 Å². The van der Waals surface area contributed by atoms with Crippen molar-refractivity contribution >= 4 is 0 Å². The van der Waals surface area contributed by atoms with Crippen LogP contribution >= 0.6 is 0 Å². The Morgan fingerprint density at radius 1 is 1.16 bits per heavy atom. The van der Waals surface area contributed by atoms with Crippen LogP contribution in [0.5, 0.6) is 5.75 Å². The van der Waals surface area contributed by atoms with Crippen molar-refractivity contribution in [3.05, 3.63) is 28.8 Å². The summed E-state index contributed by atoms with van der Waals surface area (Å²) in [6.07, 6.45) is 1.19. The minimum atomic E-state index is 0.196. The molecule has 3 nitrogen and oxygen atoms in total. The van der Waals surface area contributed by atoms with E-state index in [4.69, 9.17) is 9.47 Å². The number of ether oxygens (including phenoxy) is 2. The molecule has 2 unspecified atom stereocenters. The zero-order valence-corrected chi connectivity index (χ0v) is 13.0. The van der Waals surface area contributed by atoms with E-state index in [1.54, 1.807) is 7.11 Å². The highest BCUT2D eigenvalue weighted by atomic mass is 16.5. The van der Waals surface area contributed by atoms with Gasteiger partial charge in [0.1, 0.15) is 5.75 Å². The standard InChI is InChI=1S/C16H27NO2/c1-7-14(19-8-2)16(17-5)13-9-12(4)15(18-6)10-11(13)3/h9-10,14,16-17H,7-8H2,1-6H3. The first-order chi connectivity index (χ1) is 9.08. The molecule has 1 aromatic carbocycles. The van der Waals surface area contributed by atoms with Crippen molar-refractivity contribution in [3.63, 3.8) is 0 Å². The summed E-state index contributed by atoms with van der Waals surface area (Å²) in [7, 11) is 3.71. The first-order valence-corrected chi connectivity index (χ1v) is 7.02. The fourth-order valence-corrected chi connectivity index (χ4v) is 2.57. The Hall–Kier alpha value is -1.06. The molecule has 3 heteroatoms. The van der Waals surface area contributed by atoms with Crippen LogP contribution in [0.15, 0.2) is 12.1 Å². The zero-order valence-electron chi connectivity index (χ0n) is 13.0. The Kier molecular flexibility index (Phi) is 6.32. The van der Waals surface area contributed by atoms with E-state index in [0.29, 0.717) is 0 Å². The van der Waals surface area contributed by atoms with E-state index in [1.807, 2.05) is 14.0 Å². The second kappa shape index (κ2) is 7.51. The fourth-order valence-electron chi connectivity index (χ4n) is 2.57. The third-order valence-corrected chi connectivity index (χ3v) is 3.58. The van der Waals surface area contributed by atoms with Crippen molar-refractivity contribution in [1.29, 1.82) is 0 Å². The van der Waals surface area contributed by atoms with Gasteiger partial charge in [0.05, 0.1) is 19.3 Å². The van der Waals surface area contributed by atoms with E-state index in [2.05, 4.69) is 38.2 Å². The predicted octanol–water partition coefficient (Wildman–Crippen LogP) is 3.39. The first kappa shape index (κ1) is 16.0. The van der Waals surface area contributed by atoms with Crippen LogP contribution in [0.3, 0.4) is 0 Å². The Balaban J connectivity index is 3.13. The molecule has 0 aliphatic rings. The SMILES string of the molecule is CCOC(CC)C(NC)c1cc(C)c(OC)cc1C. The van der Waals surface area contributed by atoms with Crippen LogP contribution in [0.4, 0.5) is 0 Å². The highest BCUT2D eigenvalue weighted by molar-refractivity contribution is 5.43. The van der Waals surface area contributed by atoms with Crippen molar-refractivity contribution in [3.8, 4) is 5.75 Å². The normalized spacial score (nSPS) is 14.2. The largest absolute Gasteiger partial charge is 0.496 e. The Bertz CT molecular complexity index is 404. The lowest BCUT2D eigenvalue weighted by molar-refractivity contribution is 0.0332. The lowest BCUT2D eigenvalue weighted by atomic mass is 9.93. The van der Waals surface area contributed by atoms with E-state index < -0.39 is 0 Å². The summed E-state index contributed by atoms with van der Waals surface area (Å²) >= 11 is 0. The first-order valence-electron chi connectivity index (χ1n) is 7.02. The van der Waals surface area contributed by atoms with Crippen LogP contribution in [-0.2, 0) is 4.74 Å². The predicted molar refractivity (Wildman–Crippen MR) is 80.0 cm³/mol. The van der Waals surface area contributed by atoms with Gasteiger partial charge in [-0.15, -0.1) is 0 Å². The number of aryl methyl sites for hydroxylation is 2. The molecule has 2 atom stereocenters. The maximum Gasteiger partial charge on any atom is 0.122 e. The summed E-state index contributed by atoms with van der Waals surface area (Å²) < 4.78 is 11.2. The van der Waals surface area contributed by atoms with E-state index in [0.717, 1.165) is 24.3 Å². The average molecular weight is 265 g/mol. The molecule has 1 N–H and O–H groups in total. The van der Waals surface area contributed by atoms with E-state index in [1.165, 1.54) is 11.1 Å². The van der Waals surface area contributed by atoms with Crippen molar-refractivity contribution in [2.24, 2.45) is 0 Å². The van der Waals surface area contributed by atoms with Gasteiger partial charge in [0.25, 0.3) is 0 Å². The van der Waals surface area contributed by atoms with Gasteiger partial charge in [0.2, 0.25) is 0 Å². The molecule has 19 heavy (non-hydrogen) atoms. The van der Waals surface area contributed by atoms with Gasteiger partial charge in [-0.1, -0.05) is 13.0 Å². The molecule has 0 heterocycles. The van der Waals surface area contributed by atoms with Crippen LogP contribution in [0.2, 0.25) is 0 Å². The number of methoxy groups -OCH3 is 1. The van der Waals surface area contributed by atoms with Gasteiger partial charge in [-0.05, 0) is 57.0 Å². The Morgan fingerprint density at radius 2 is 1.84 bits per heavy atom. The monoisotopic (exact) mass is 265 g/mol. The van der Waals surface area contributed by atoms with Gasteiger partial charge in [0, 0.05) is 6.61 Å². The lowest BCUT2D eigenvalue weighted by Crippen LogP contribution is -2.32. The molecule has 0 aliphatic carbocycles. The highest BCUT2D eigenvalue weighted by Gasteiger charge is 2.22. The number of benzene rings is 1. The maximum atomic E-state index is 5.86. The molecule has 0 amide bonds.